The summed E-state index contributed by atoms with van der Waals surface area (Å²) >= 11 is 0. The van der Waals surface area contributed by atoms with Crippen molar-refractivity contribution >= 4 is 17.9 Å². The van der Waals surface area contributed by atoms with Crippen LogP contribution in [0.25, 0.3) is 0 Å². The molecule has 0 aromatic rings. The second kappa shape index (κ2) is 47.5. The number of hydrogen-bond acceptors (Lipinski definition) is 6. The van der Waals surface area contributed by atoms with Crippen molar-refractivity contribution in [3.63, 3.8) is 0 Å². The third kappa shape index (κ3) is 44.9. The molecule has 0 heterocycles. The van der Waals surface area contributed by atoms with Crippen LogP contribution in [-0.4, -0.2) is 37.2 Å². The van der Waals surface area contributed by atoms with Crippen molar-refractivity contribution in [3.05, 3.63) is 122 Å². The first kappa shape index (κ1) is 55.8. The summed E-state index contributed by atoms with van der Waals surface area (Å²) in [6.07, 6.45) is 64.9. The van der Waals surface area contributed by atoms with Crippen LogP contribution in [0.5, 0.6) is 0 Å². The molecule has 6 nitrogen and oxygen atoms in total. The Morgan fingerprint density at radius 2 is 0.700 bits per heavy atom. The van der Waals surface area contributed by atoms with Crippen LogP contribution in [0, 0.1) is 0 Å². The van der Waals surface area contributed by atoms with E-state index >= 15 is 0 Å². The smallest absolute Gasteiger partial charge is 0.306 e. The number of esters is 3. The zero-order valence-corrected chi connectivity index (χ0v) is 38.2. The van der Waals surface area contributed by atoms with Crippen LogP contribution in [0.3, 0.4) is 0 Å². The maximum atomic E-state index is 12.7. The van der Waals surface area contributed by atoms with Gasteiger partial charge in [0.05, 0.1) is 0 Å². The summed E-state index contributed by atoms with van der Waals surface area (Å²) in [5.41, 5.74) is 0. The zero-order valence-electron chi connectivity index (χ0n) is 38.2. The average molecular weight is 829 g/mol. The number of carbonyl (C=O) groups is 3. The predicted octanol–water partition coefficient (Wildman–Crippen LogP) is 15.4. The van der Waals surface area contributed by atoms with Crippen LogP contribution in [-0.2, 0) is 28.6 Å². The third-order valence-corrected chi connectivity index (χ3v) is 9.19. The summed E-state index contributed by atoms with van der Waals surface area (Å²) in [5.74, 6) is -1.12. The summed E-state index contributed by atoms with van der Waals surface area (Å²) in [6, 6.07) is 0. The lowest BCUT2D eigenvalue weighted by Crippen LogP contribution is -2.30. The van der Waals surface area contributed by atoms with E-state index in [2.05, 4.69) is 136 Å². The van der Waals surface area contributed by atoms with Crippen LogP contribution >= 0.6 is 0 Å². The van der Waals surface area contributed by atoms with Gasteiger partial charge >= 0.3 is 17.9 Å². The van der Waals surface area contributed by atoms with E-state index in [0.717, 1.165) is 83.5 Å². The fraction of sp³-hybridized carbons (Fsp3) is 0.574. The molecule has 0 aromatic heterocycles. The van der Waals surface area contributed by atoms with Gasteiger partial charge in [0, 0.05) is 19.3 Å². The standard InChI is InChI=1S/C54H84O6/c1-4-7-10-13-16-19-22-25-26-27-28-30-32-35-38-41-44-47-53(56)59-50-51(49-58-52(55)46-43-40-37-34-31-24-21-18-15-12-9-6-3)60-54(57)48-45-42-39-36-33-29-23-20-17-14-11-8-5-2/h7,9-10,12,16,18-19,21,25-26,28-31,33-35,38-39,42,51H,4-6,8,11,13-15,17,20,22-24,27,32,36-37,40-41,43-50H2,1-3H3/b10-7-,12-9-,19-16-,21-18-,26-25-,30-28-,33-29-,34-31-,38-35-,42-39-. The van der Waals surface area contributed by atoms with E-state index < -0.39 is 12.1 Å². The Bertz CT molecular complexity index is 1320. The molecule has 0 N–H and O–H groups in total. The molecule has 60 heavy (non-hydrogen) atoms. The Kier molecular flexibility index (Phi) is 44.2. The molecule has 1 atom stereocenters. The maximum Gasteiger partial charge on any atom is 0.306 e. The van der Waals surface area contributed by atoms with Gasteiger partial charge in [-0.05, 0) is 109 Å². The van der Waals surface area contributed by atoms with E-state index in [4.69, 9.17) is 14.2 Å². The highest BCUT2D eigenvalue weighted by Crippen LogP contribution is 2.10. The topological polar surface area (TPSA) is 78.9 Å². The summed E-state index contributed by atoms with van der Waals surface area (Å²) < 4.78 is 16.6. The van der Waals surface area contributed by atoms with Crippen molar-refractivity contribution in [1.29, 1.82) is 0 Å². The highest BCUT2D eigenvalue weighted by atomic mass is 16.6. The number of carbonyl (C=O) groups excluding carboxylic acids is 3. The molecule has 0 aliphatic carbocycles. The quantitative estimate of drug-likeness (QED) is 0.0265. The zero-order chi connectivity index (χ0) is 43.7. The molecule has 336 valence electrons. The number of rotatable bonds is 40. The van der Waals surface area contributed by atoms with E-state index in [1.807, 2.05) is 6.08 Å². The molecule has 0 bridgehead atoms. The molecule has 0 aliphatic heterocycles. The molecule has 0 fully saturated rings. The Hall–Kier alpha value is -4.19. The molecule has 6 heteroatoms. The third-order valence-electron chi connectivity index (χ3n) is 9.19. The van der Waals surface area contributed by atoms with Crippen LogP contribution in [0.2, 0.25) is 0 Å². The summed E-state index contributed by atoms with van der Waals surface area (Å²) in [5, 5.41) is 0. The molecule has 0 spiro atoms. The summed E-state index contributed by atoms with van der Waals surface area (Å²) in [7, 11) is 0. The molecule has 0 amide bonds. The van der Waals surface area contributed by atoms with Crippen molar-refractivity contribution in [2.75, 3.05) is 13.2 Å². The van der Waals surface area contributed by atoms with E-state index in [1.165, 1.54) is 38.5 Å². The van der Waals surface area contributed by atoms with E-state index in [-0.39, 0.29) is 44.4 Å². The summed E-state index contributed by atoms with van der Waals surface area (Å²) in [4.78, 5) is 37.7. The van der Waals surface area contributed by atoms with Crippen molar-refractivity contribution in [3.8, 4) is 0 Å². The lowest BCUT2D eigenvalue weighted by Gasteiger charge is -2.18. The molecule has 1 unspecified atom stereocenters. The number of ether oxygens (including phenoxy) is 3. The van der Waals surface area contributed by atoms with Gasteiger partial charge in [-0.25, -0.2) is 0 Å². The van der Waals surface area contributed by atoms with E-state index in [1.54, 1.807) is 0 Å². The molecular weight excluding hydrogens is 745 g/mol. The number of allylic oxidation sites excluding steroid dienone is 20. The van der Waals surface area contributed by atoms with Gasteiger partial charge in [-0.15, -0.1) is 0 Å². The van der Waals surface area contributed by atoms with Gasteiger partial charge in [-0.2, -0.15) is 0 Å². The molecular formula is C54H84O6. The van der Waals surface area contributed by atoms with Gasteiger partial charge in [0.1, 0.15) is 13.2 Å². The second-order valence-corrected chi connectivity index (χ2v) is 14.9. The minimum Gasteiger partial charge on any atom is -0.462 e. The van der Waals surface area contributed by atoms with Gasteiger partial charge in [-0.1, -0.05) is 174 Å². The lowest BCUT2D eigenvalue weighted by molar-refractivity contribution is -0.166. The van der Waals surface area contributed by atoms with Gasteiger partial charge in [0.15, 0.2) is 6.10 Å². The monoisotopic (exact) mass is 829 g/mol. The van der Waals surface area contributed by atoms with Crippen LogP contribution in [0.1, 0.15) is 181 Å². The van der Waals surface area contributed by atoms with Gasteiger partial charge in [0.25, 0.3) is 0 Å². The Morgan fingerprint density at radius 1 is 0.350 bits per heavy atom. The Balaban J connectivity index is 4.62. The van der Waals surface area contributed by atoms with Crippen molar-refractivity contribution in [2.24, 2.45) is 0 Å². The molecule has 0 saturated heterocycles. The predicted molar refractivity (Wildman–Crippen MR) is 256 cm³/mol. The van der Waals surface area contributed by atoms with Gasteiger partial charge in [-0.3, -0.25) is 14.4 Å². The molecule has 0 aromatic carbocycles. The van der Waals surface area contributed by atoms with E-state index in [9.17, 15) is 14.4 Å². The van der Waals surface area contributed by atoms with Gasteiger partial charge in [0.2, 0.25) is 0 Å². The fourth-order valence-corrected chi connectivity index (χ4v) is 5.72. The first-order valence-electron chi connectivity index (χ1n) is 23.5. The Labute approximate surface area is 367 Å². The normalized spacial score (nSPS) is 13.2. The first-order valence-corrected chi connectivity index (χ1v) is 23.5. The molecule has 0 radical (unpaired) electrons. The maximum absolute atomic E-state index is 12.7. The van der Waals surface area contributed by atoms with Crippen LogP contribution in [0.15, 0.2) is 122 Å². The van der Waals surface area contributed by atoms with Crippen molar-refractivity contribution in [1.82, 2.24) is 0 Å². The highest BCUT2D eigenvalue weighted by molar-refractivity contribution is 5.71. The Morgan fingerprint density at radius 3 is 1.15 bits per heavy atom. The SMILES string of the molecule is CC/C=C\C/C=C\C/C=C\C/C=C\C/C=C\CCCC(=O)OCC(COC(=O)CCCC/C=C\C/C=C\C/C=C\CC)OC(=O)CC/C=C\C/C=C\CCCCCCCC. The van der Waals surface area contributed by atoms with Crippen molar-refractivity contribution < 1.29 is 28.6 Å². The largest absolute Gasteiger partial charge is 0.462 e. The summed E-state index contributed by atoms with van der Waals surface area (Å²) in [6.45, 7) is 6.23. The number of unbranched alkanes of at least 4 members (excludes halogenated alkanes) is 9. The molecule has 0 saturated carbocycles. The van der Waals surface area contributed by atoms with Crippen LogP contribution in [0.4, 0.5) is 0 Å². The highest BCUT2D eigenvalue weighted by Gasteiger charge is 2.19. The fourth-order valence-electron chi connectivity index (χ4n) is 5.72. The lowest BCUT2D eigenvalue weighted by atomic mass is 10.1. The molecule has 0 aliphatic rings. The van der Waals surface area contributed by atoms with Crippen LogP contribution < -0.4 is 0 Å². The number of hydrogen-bond donors (Lipinski definition) is 0. The average Bonchev–Trinajstić information content (AvgIpc) is 3.24. The minimum atomic E-state index is -0.848. The molecule has 0 rings (SSSR count). The minimum absolute atomic E-state index is 0.142. The van der Waals surface area contributed by atoms with Gasteiger partial charge < -0.3 is 14.2 Å². The van der Waals surface area contributed by atoms with Crippen molar-refractivity contribution in [2.45, 2.75) is 187 Å². The second-order valence-electron chi connectivity index (χ2n) is 14.9. The van der Waals surface area contributed by atoms with E-state index in [0.29, 0.717) is 19.3 Å². The first-order chi connectivity index (χ1) is 29.5.